The Morgan fingerprint density at radius 3 is 2.17 bits per heavy atom. The van der Waals surface area contributed by atoms with E-state index < -0.39 is 5.97 Å². The van der Waals surface area contributed by atoms with Crippen LogP contribution in [-0.2, 0) is 11.2 Å². The molecule has 0 unspecified atom stereocenters. The Labute approximate surface area is 97.6 Å². The highest BCUT2D eigenvalue weighted by Crippen LogP contribution is 2.14. The van der Waals surface area contributed by atoms with Crippen LogP contribution in [-0.4, -0.2) is 11.1 Å². The molecule has 0 heterocycles. The van der Waals surface area contributed by atoms with Gasteiger partial charge in [0.25, 0.3) is 0 Å². The summed E-state index contributed by atoms with van der Waals surface area (Å²) in [6.07, 6.45) is 0.104. The summed E-state index contributed by atoms with van der Waals surface area (Å²) in [4.78, 5) is 10.4. The molecule has 0 atom stereocenters. The molecule has 0 saturated heterocycles. The standard InChI is InChI=1S/C8H6I2O2/c9-6-1-5(3-8(11)12)2-7(10)4-6/h1-2,4H,3H2,(H,11,12). The van der Waals surface area contributed by atoms with Crippen molar-refractivity contribution in [3.63, 3.8) is 0 Å². The van der Waals surface area contributed by atoms with Gasteiger partial charge in [0.1, 0.15) is 0 Å². The SMILES string of the molecule is O=C(O)Cc1cc(I)cc(I)c1. The van der Waals surface area contributed by atoms with E-state index in [2.05, 4.69) is 45.2 Å². The van der Waals surface area contributed by atoms with Crippen molar-refractivity contribution < 1.29 is 9.90 Å². The predicted molar refractivity (Wildman–Crippen MR) is 63.2 cm³/mol. The third-order valence-electron chi connectivity index (χ3n) is 1.28. The van der Waals surface area contributed by atoms with E-state index >= 15 is 0 Å². The minimum atomic E-state index is -0.784. The molecule has 1 rings (SSSR count). The van der Waals surface area contributed by atoms with Gasteiger partial charge < -0.3 is 5.11 Å². The molecule has 0 saturated carbocycles. The minimum Gasteiger partial charge on any atom is -0.481 e. The Balaban J connectivity index is 2.93. The fraction of sp³-hybridized carbons (Fsp3) is 0.125. The van der Waals surface area contributed by atoms with E-state index in [0.717, 1.165) is 12.7 Å². The first kappa shape index (κ1) is 10.2. The van der Waals surface area contributed by atoms with Gasteiger partial charge in [0.15, 0.2) is 0 Å². The number of rotatable bonds is 2. The fourth-order valence-electron chi connectivity index (χ4n) is 0.888. The molecule has 1 aromatic carbocycles. The van der Waals surface area contributed by atoms with E-state index in [1.165, 1.54) is 0 Å². The molecular formula is C8H6I2O2. The number of carboxylic acid groups (broad SMARTS) is 1. The molecule has 0 spiro atoms. The van der Waals surface area contributed by atoms with Crippen molar-refractivity contribution in [1.82, 2.24) is 0 Å². The molecule has 0 aliphatic carbocycles. The monoisotopic (exact) mass is 388 g/mol. The second-order valence-electron chi connectivity index (χ2n) is 2.35. The lowest BCUT2D eigenvalue weighted by Crippen LogP contribution is -2.00. The second-order valence-corrected chi connectivity index (χ2v) is 4.84. The molecule has 64 valence electrons. The molecular weight excluding hydrogens is 382 g/mol. The van der Waals surface area contributed by atoms with Crippen molar-refractivity contribution in [3.8, 4) is 0 Å². The summed E-state index contributed by atoms with van der Waals surface area (Å²) in [7, 11) is 0. The fourth-order valence-corrected chi connectivity index (χ4v) is 2.95. The van der Waals surface area contributed by atoms with Crippen molar-refractivity contribution in [2.24, 2.45) is 0 Å². The van der Waals surface area contributed by atoms with Gasteiger partial charge in [0, 0.05) is 7.14 Å². The molecule has 4 heteroatoms. The van der Waals surface area contributed by atoms with Crippen LogP contribution in [0.1, 0.15) is 5.56 Å². The maximum Gasteiger partial charge on any atom is 0.307 e. The quantitative estimate of drug-likeness (QED) is 0.792. The number of benzene rings is 1. The molecule has 1 aromatic rings. The molecule has 0 amide bonds. The van der Waals surface area contributed by atoms with E-state index in [4.69, 9.17) is 5.11 Å². The molecule has 0 aliphatic rings. The lowest BCUT2D eigenvalue weighted by atomic mass is 10.2. The summed E-state index contributed by atoms with van der Waals surface area (Å²) in [5.41, 5.74) is 0.860. The van der Waals surface area contributed by atoms with Crippen molar-refractivity contribution in [3.05, 3.63) is 30.9 Å². The summed E-state index contributed by atoms with van der Waals surface area (Å²) in [6, 6.07) is 5.78. The second kappa shape index (κ2) is 4.40. The lowest BCUT2D eigenvalue weighted by Gasteiger charge is -1.99. The molecule has 1 N–H and O–H groups in total. The maximum atomic E-state index is 10.4. The highest BCUT2D eigenvalue weighted by Gasteiger charge is 2.01. The van der Waals surface area contributed by atoms with E-state index in [0.29, 0.717) is 0 Å². The van der Waals surface area contributed by atoms with Gasteiger partial charge >= 0.3 is 5.97 Å². The van der Waals surface area contributed by atoms with Gasteiger partial charge in [0.2, 0.25) is 0 Å². The van der Waals surface area contributed by atoms with Gasteiger partial charge in [-0.1, -0.05) is 0 Å². The van der Waals surface area contributed by atoms with Crippen molar-refractivity contribution in [2.45, 2.75) is 6.42 Å². The van der Waals surface area contributed by atoms with Gasteiger partial charge in [-0.25, -0.2) is 0 Å². The summed E-state index contributed by atoms with van der Waals surface area (Å²) >= 11 is 4.36. The highest BCUT2D eigenvalue weighted by molar-refractivity contribution is 14.1. The molecule has 0 aliphatic heterocycles. The average molecular weight is 388 g/mol. The summed E-state index contributed by atoms with van der Waals surface area (Å²) in [6.45, 7) is 0. The van der Waals surface area contributed by atoms with Crippen LogP contribution in [0, 0.1) is 7.14 Å². The largest absolute Gasteiger partial charge is 0.481 e. The Bertz CT molecular complexity index is 290. The number of halogens is 2. The van der Waals surface area contributed by atoms with E-state index in [9.17, 15) is 4.79 Å². The Kier molecular flexibility index (Phi) is 3.76. The molecule has 12 heavy (non-hydrogen) atoms. The normalized spacial score (nSPS) is 9.83. The zero-order valence-corrected chi connectivity index (χ0v) is 10.4. The maximum absolute atomic E-state index is 10.4. The van der Waals surface area contributed by atoms with Crippen molar-refractivity contribution >= 4 is 51.2 Å². The first-order chi connectivity index (χ1) is 5.58. The van der Waals surface area contributed by atoms with Crippen LogP contribution in [0.15, 0.2) is 18.2 Å². The number of hydrogen-bond donors (Lipinski definition) is 1. The van der Waals surface area contributed by atoms with Gasteiger partial charge in [0.05, 0.1) is 6.42 Å². The average Bonchev–Trinajstić information content (AvgIpc) is 1.81. The van der Waals surface area contributed by atoms with E-state index in [-0.39, 0.29) is 6.42 Å². The van der Waals surface area contributed by atoms with Crippen LogP contribution in [0.4, 0.5) is 0 Å². The summed E-state index contributed by atoms with van der Waals surface area (Å²) in [5.74, 6) is -0.784. The molecule has 0 fully saturated rings. The van der Waals surface area contributed by atoms with Crippen LogP contribution < -0.4 is 0 Å². The topological polar surface area (TPSA) is 37.3 Å². The van der Waals surface area contributed by atoms with E-state index in [1.54, 1.807) is 0 Å². The Hall–Kier alpha value is 0.150. The Morgan fingerprint density at radius 2 is 1.75 bits per heavy atom. The molecule has 0 aromatic heterocycles. The van der Waals surface area contributed by atoms with Crippen LogP contribution in [0.5, 0.6) is 0 Å². The van der Waals surface area contributed by atoms with Crippen molar-refractivity contribution in [1.29, 1.82) is 0 Å². The van der Waals surface area contributed by atoms with Gasteiger partial charge in [-0.15, -0.1) is 0 Å². The molecule has 0 radical (unpaired) electrons. The zero-order chi connectivity index (χ0) is 9.14. The smallest absolute Gasteiger partial charge is 0.307 e. The van der Waals surface area contributed by atoms with Crippen LogP contribution in [0.25, 0.3) is 0 Å². The minimum absolute atomic E-state index is 0.104. The highest BCUT2D eigenvalue weighted by atomic mass is 127. The summed E-state index contributed by atoms with van der Waals surface area (Å²) in [5, 5.41) is 8.54. The zero-order valence-electron chi connectivity index (χ0n) is 6.05. The predicted octanol–water partition coefficient (Wildman–Crippen LogP) is 2.52. The number of hydrogen-bond acceptors (Lipinski definition) is 1. The van der Waals surface area contributed by atoms with Gasteiger partial charge in [-0.3, -0.25) is 4.79 Å². The molecule has 0 bridgehead atoms. The Morgan fingerprint density at radius 1 is 1.25 bits per heavy atom. The summed E-state index contributed by atoms with van der Waals surface area (Å²) < 4.78 is 2.16. The first-order valence-electron chi connectivity index (χ1n) is 3.24. The van der Waals surface area contributed by atoms with Crippen molar-refractivity contribution in [2.75, 3.05) is 0 Å². The number of carboxylic acids is 1. The van der Waals surface area contributed by atoms with Crippen LogP contribution >= 0.6 is 45.2 Å². The van der Waals surface area contributed by atoms with Gasteiger partial charge in [-0.05, 0) is 68.9 Å². The lowest BCUT2D eigenvalue weighted by molar-refractivity contribution is -0.136. The number of aliphatic carboxylic acids is 1. The third kappa shape index (κ3) is 3.26. The molecule has 2 nitrogen and oxygen atoms in total. The number of carbonyl (C=O) groups is 1. The van der Waals surface area contributed by atoms with Gasteiger partial charge in [-0.2, -0.15) is 0 Å². The van der Waals surface area contributed by atoms with E-state index in [1.807, 2.05) is 18.2 Å². The third-order valence-corrected chi connectivity index (χ3v) is 2.52. The first-order valence-corrected chi connectivity index (χ1v) is 5.40. The van der Waals surface area contributed by atoms with Crippen LogP contribution in [0.2, 0.25) is 0 Å². The van der Waals surface area contributed by atoms with Crippen LogP contribution in [0.3, 0.4) is 0 Å².